The minimum Gasteiger partial charge on any atom is -0.504 e. The molecule has 2 aromatic carbocycles. The average Bonchev–Trinajstić information content (AvgIpc) is 2.53. The Balaban J connectivity index is 2.40. The molecule has 0 radical (unpaired) electrons. The van der Waals surface area contributed by atoms with E-state index in [2.05, 4.69) is 0 Å². The monoisotopic (exact) mass is 287 g/mol. The second kappa shape index (κ2) is 6.17. The second-order valence-corrected chi connectivity index (χ2v) is 4.39. The molecule has 0 saturated carbocycles. The molecule has 110 valence electrons. The van der Waals surface area contributed by atoms with Gasteiger partial charge in [-0.2, -0.15) is 0 Å². The van der Waals surface area contributed by atoms with Crippen molar-refractivity contribution >= 4 is 11.6 Å². The fraction of sp³-hybridized carbons (Fsp3) is 0.188. The highest BCUT2D eigenvalue weighted by Crippen LogP contribution is 2.33. The molecule has 0 unspecified atom stereocenters. The Hall–Kier alpha value is -2.69. The van der Waals surface area contributed by atoms with Crippen LogP contribution >= 0.6 is 0 Å². The molecule has 0 saturated heterocycles. The molecule has 1 amide bonds. The molecule has 2 aromatic rings. The number of hydrogen-bond donors (Lipinski definition) is 1. The topological polar surface area (TPSA) is 59.0 Å². The molecule has 0 heterocycles. The number of phenols is 1. The number of ether oxygens (including phenoxy) is 2. The van der Waals surface area contributed by atoms with Gasteiger partial charge in [-0.15, -0.1) is 0 Å². The summed E-state index contributed by atoms with van der Waals surface area (Å²) in [6.45, 7) is 0. The third kappa shape index (κ3) is 2.76. The summed E-state index contributed by atoms with van der Waals surface area (Å²) in [5.41, 5.74) is 0.787. The van der Waals surface area contributed by atoms with Gasteiger partial charge < -0.3 is 19.5 Å². The minimum atomic E-state index is -0.351. The molecule has 1 N–H and O–H groups in total. The fourth-order valence-corrected chi connectivity index (χ4v) is 2.06. The Morgan fingerprint density at radius 2 is 1.62 bits per heavy atom. The lowest BCUT2D eigenvalue weighted by Gasteiger charge is -2.20. The SMILES string of the molecule is COc1ccccc1N(C)C(=O)c1cccc(OC)c1O. The number of nitrogens with zero attached hydrogens (tertiary/aromatic N) is 1. The zero-order valence-electron chi connectivity index (χ0n) is 12.2. The Bertz CT molecular complexity index is 654. The molecule has 0 aliphatic carbocycles. The van der Waals surface area contributed by atoms with Crippen molar-refractivity contribution in [3.63, 3.8) is 0 Å². The number of amides is 1. The molecule has 5 nitrogen and oxygen atoms in total. The average molecular weight is 287 g/mol. The highest BCUT2D eigenvalue weighted by atomic mass is 16.5. The van der Waals surface area contributed by atoms with Crippen LogP contribution in [-0.4, -0.2) is 32.3 Å². The van der Waals surface area contributed by atoms with Crippen LogP contribution in [0.15, 0.2) is 42.5 Å². The van der Waals surface area contributed by atoms with Gasteiger partial charge in [0, 0.05) is 7.05 Å². The molecule has 0 spiro atoms. The number of anilines is 1. The zero-order valence-corrected chi connectivity index (χ0v) is 12.2. The molecular weight excluding hydrogens is 270 g/mol. The molecule has 21 heavy (non-hydrogen) atoms. The van der Waals surface area contributed by atoms with Crippen molar-refractivity contribution in [1.29, 1.82) is 0 Å². The number of phenolic OH excluding ortho intramolecular Hbond substituents is 1. The predicted molar refractivity (Wildman–Crippen MR) is 80.4 cm³/mol. The molecule has 0 atom stereocenters. The van der Waals surface area contributed by atoms with Gasteiger partial charge in [-0.05, 0) is 24.3 Å². The van der Waals surface area contributed by atoms with E-state index in [1.54, 1.807) is 44.5 Å². The summed E-state index contributed by atoms with van der Waals surface area (Å²) in [7, 11) is 4.60. The third-order valence-corrected chi connectivity index (χ3v) is 3.20. The number of aromatic hydroxyl groups is 1. The number of methoxy groups -OCH3 is 2. The third-order valence-electron chi connectivity index (χ3n) is 3.20. The van der Waals surface area contributed by atoms with Gasteiger partial charge in [-0.1, -0.05) is 18.2 Å². The first-order chi connectivity index (χ1) is 10.1. The summed E-state index contributed by atoms with van der Waals surface area (Å²) in [5.74, 6) is 0.313. The van der Waals surface area contributed by atoms with Crippen molar-refractivity contribution in [3.8, 4) is 17.2 Å². The summed E-state index contributed by atoms with van der Waals surface area (Å²) in [4.78, 5) is 14.0. The molecule has 5 heteroatoms. The number of rotatable bonds is 4. The van der Waals surface area contributed by atoms with E-state index in [0.717, 1.165) is 0 Å². The quantitative estimate of drug-likeness (QED) is 0.939. The summed E-state index contributed by atoms with van der Waals surface area (Å²) < 4.78 is 10.3. The van der Waals surface area contributed by atoms with Gasteiger partial charge >= 0.3 is 0 Å². The van der Waals surface area contributed by atoms with E-state index in [0.29, 0.717) is 11.4 Å². The molecule has 2 rings (SSSR count). The predicted octanol–water partition coefficient (Wildman–Crippen LogP) is 2.69. The van der Waals surface area contributed by atoms with E-state index in [1.165, 1.54) is 12.0 Å². The number of benzene rings is 2. The largest absolute Gasteiger partial charge is 0.504 e. The maximum atomic E-state index is 12.6. The van der Waals surface area contributed by atoms with Crippen molar-refractivity contribution in [2.45, 2.75) is 0 Å². The van der Waals surface area contributed by atoms with Crippen LogP contribution in [0.3, 0.4) is 0 Å². The summed E-state index contributed by atoms with van der Waals surface area (Å²) in [6.07, 6.45) is 0. The van der Waals surface area contributed by atoms with Crippen LogP contribution < -0.4 is 14.4 Å². The standard InChI is InChI=1S/C16H17NO4/c1-17(12-8-4-5-9-13(12)20-2)16(19)11-7-6-10-14(21-3)15(11)18/h4-10,18H,1-3H3. The molecule has 0 aliphatic rings. The van der Waals surface area contributed by atoms with Crippen molar-refractivity contribution in [2.24, 2.45) is 0 Å². The highest BCUT2D eigenvalue weighted by Gasteiger charge is 2.21. The van der Waals surface area contributed by atoms with E-state index in [4.69, 9.17) is 9.47 Å². The van der Waals surface area contributed by atoms with E-state index < -0.39 is 0 Å². The molecular formula is C16H17NO4. The van der Waals surface area contributed by atoms with Gasteiger partial charge in [0.05, 0.1) is 25.5 Å². The zero-order chi connectivity index (χ0) is 15.4. The first kappa shape index (κ1) is 14.7. The Morgan fingerprint density at radius 1 is 1.00 bits per heavy atom. The van der Waals surface area contributed by atoms with Crippen LogP contribution in [0.5, 0.6) is 17.2 Å². The van der Waals surface area contributed by atoms with E-state index in [1.807, 2.05) is 12.1 Å². The first-order valence-corrected chi connectivity index (χ1v) is 6.37. The number of para-hydroxylation sites is 3. The maximum absolute atomic E-state index is 12.6. The maximum Gasteiger partial charge on any atom is 0.262 e. The second-order valence-electron chi connectivity index (χ2n) is 4.39. The normalized spacial score (nSPS) is 10.0. The van der Waals surface area contributed by atoms with Crippen LogP contribution in [0.25, 0.3) is 0 Å². The van der Waals surface area contributed by atoms with Crippen molar-refractivity contribution in [3.05, 3.63) is 48.0 Å². The van der Waals surface area contributed by atoms with Gasteiger partial charge in [0.15, 0.2) is 11.5 Å². The number of carbonyl (C=O) groups excluding carboxylic acids is 1. The van der Waals surface area contributed by atoms with Gasteiger partial charge in [0.2, 0.25) is 0 Å². The first-order valence-electron chi connectivity index (χ1n) is 6.37. The van der Waals surface area contributed by atoms with Gasteiger partial charge in [0.1, 0.15) is 5.75 Å². The molecule has 0 aliphatic heterocycles. The Labute approximate surface area is 123 Å². The summed E-state index contributed by atoms with van der Waals surface area (Å²) in [5, 5.41) is 10.1. The van der Waals surface area contributed by atoms with E-state index >= 15 is 0 Å². The lowest BCUT2D eigenvalue weighted by Crippen LogP contribution is -2.26. The lowest BCUT2D eigenvalue weighted by molar-refractivity contribution is 0.0989. The smallest absolute Gasteiger partial charge is 0.262 e. The van der Waals surface area contributed by atoms with Crippen LogP contribution in [0.4, 0.5) is 5.69 Å². The summed E-state index contributed by atoms with van der Waals surface area (Å²) >= 11 is 0. The van der Waals surface area contributed by atoms with Crippen LogP contribution in [0.2, 0.25) is 0 Å². The van der Waals surface area contributed by atoms with E-state index in [9.17, 15) is 9.90 Å². The molecule has 0 bridgehead atoms. The number of hydrogen-bond acceptors (Lipinski definition) is 4. The lowest BCUT2D eigenvalue weighted by atomic mass is 10.1. The highest BCUT2D eigenvalue weighted by molar-refractivity contribution is 6.08. The fourth-order valence-electron chi connectivity index (χ4n) is 2.06. The number of carbonyl (C=O) groups is 1. The molecule has 0 aromatic heterocycles. The minimum absolute atomic E-state index is 0.169. The van der Waals surface area contributed by atoms with Crippen molar-refractivity contribution in [1.82, 2.24) is 0 Å². The van der Waals surface area contributed by atoms with Gasteiger partial charge in [-0.25, -0.2) is 0 Å². The van der Waals surface area contributed by atoms with E-state index in [-0.39, 0.29) is 23.0 Å². The van der Waals surface area contributed by atoms with Crippen LogP contribution in [-0.2, 0) is 0 Å². The van der Waals surface area contributed by atoms with Crippen LogP contribution in [0, 0.1) is 0 Å². The van der Waals surface area contributed by atoms with Gasteiger partial charge in [-0.3, -0.25) is 4.79 Å². The van der Waals surface area contributed by atoms with Crippen molar-refractivity contribution in [2.75, 3.05) is 26.2 Å². The Morgan fingerprint density at radius 3 is 2.29 bits per heavy atom. The molecule has 0 fully saturated rings. The van der Waals surface area contributed by atoms with Crippen molar-refractivity contribution < 1.29 is 19.4 Å². The van der Waals surface area contributed by atoms with Crippen LogP contribution in [0.1, 0.15) is 10.4 Å². The van der Waals surface area contributed by atoms with Gasteiger partial charge in [0.25, 0.3) is 5.91 Å². The Kier molecular flexibility index (Phi) is 4.33. The summed E-state index contributed by atoms with van der Waals surface area (Å²) in [6, 6.07) is 12.0.